The van der Waals surface area contributed by atoms with Crippen LogP contribution in [0.15, 0.2) is 22.6 Å². The van der Waals surface area contributed by atoms with E-state index in [2.05, 4.69) is 10.3 Å². The normalized spacial score (nSPS) is 35.2. The Kier molecular flexibility index (Phi) is 9.28. The van der Waals surface area contributed by atoms with Crippen molar-refractivity contribution in [3.05, 3.63) is 33.3 Å². The topological polar surface area (TPSA) is 119 Å². The number of fused-ring (bicyclic) bond motifs is 1. The summed E-state index contributed by atoms with van der Waals surface area (Å²) in [5, 5.41) is 27.3. The minimum absolute atomic E-state index is 0.225. The summed E-state index contributed by atoms with van der Waals surface area (Å²) in [5.74, 6) is -2.69. The summed E-state index contributed by atoms with van der Waals surface area (Å²) in [6.45, 7) is 9.72. The number of Topliss-reactive ketones (excluding diaryl/α,β-unsaturated/α-hetero) is 1. The molecule has 0 bridgehead atoms. The van der Waals surface area contributed by atoms with Crippen LogP contribution in [0.5, 0.6) is 0 Å². The molecule has 1 fully saturated rings. The lowest BCUT2D eigenvalue weighted by atomic mass is 9.73. The molecular weight excluding hydrogens is 521 g/mol. The van der Waals surface area contributed by atoms with Crippen molar-refractivity contribution in [1.29, 1.82) is 0 Å². The van der Waals surface area contributed by atoms with E-state index in [9.17, 15) is 33.0 Å². The number of ether oxygens (including phenoxy) is 1. The first-order chi connectivity index (χ1) is 17.5. The van der Waals surface area contributed by atoms with Crippen molar-refractivity contribution in [2.75, 3.05) is 0 Å². The maximum atomic E-state index is 14.0. The zero-order valence-corrected chi connectivity index (χ0v) is 23.3. The number of aryl methyl sites for hydroxylation is 1. The van der Waals surface area contributed by atoms with Gasteiger partial charge in [0, 0.05) is 35.4 Å². The molecule has 1 aromatic heterocycles. The average Bonchev–Trinajstić information content (AvgIpc) is 3.48. The van der Waals surface area contributed by atoms with E-state index in [1.807, 2.05) is 6.92 Å². The lowest BCUT2D eigenvalue weighted by molar-refractivity contribution is -0.154. The summed E-state index contributed by atoms with van der Waals surface area (Å²) in [6.07, 6.45) is -6.53. The molecule has 7 nitrogen and oxygen atoms in total. The van der Waals surface area contributed by atoms with Crippen molar-refractivity contribution in [2.45, 2.75) is 97.4 Å². The maximum absolute atomic E-state index is 14.0. The van der Waals surface area contributed by atoms with E-state index >= 15 is 0 Å². The molecule has 1 saturated heterocycles. The molecule has 7 atom stereocenters. The Morgan fingerprint density at radius 2 is 1.89 bits per heavy atom. The van der Waals surface area contributed by atoms with Crippen LogP contribution in [0.1, 0.15) is 64.6 Å². The van der Waals surface area contributed by atoms with E-state index < -0.39 is 77.6 Å². The van der Waals surface area contributed by atoms with Gasteiger partial charge in [0.25, 0.3) is 0 Å². The van der Waals surface area contributed by atoms with Crippen LogP contribution in [0.2, 0.25) is 0 Å². The number of carbonyl (C=O) groups excluding carboxylic acids is 2. The molecule has 3 N–H and O–H groups in total. The second kappa shape index (κ2) is 11.6. The number of halogens is 3. The largest absolute Gasteiger partial charge is 0.457 e. The molecule has 3 heterocycles. The number of nitrogens with one attached hydrogen (secondary N) is 1. The molecule has 0 aromatic carbocycles. The first-order valence-electron chi connectivity index (χ1n) is 12.7. The molecule has 1 aromatic rings. The molecule has 38 heavy (non-hydrogen) atoms. The van der Waals surface area contributed by atoms with Crippen LogP contribution in [0, 0.1) is 24.2 Å². The van der Waals surface area contributed by atoms with Crippen LogP contribution < -0.4 is 5.32 Å². The second-order valence-electron chi connectivity index (χ2n) is 11.1. The third kappa shape index (κ3) is 7.11. The van der Waals surface area contributed by atoms with E-state index in [4.69, 9.17) is 4.74 Å². The van der Waals surface area contributed by atoms with Crippen molar-refractivity contribution >= 4 is 29.2 Å². The quantitative estimate of drug-likeness (QED) is 0.280. The van der Waals surface area contributed by atoms with Gasteiger partial charge in [-0.05, 0) is 37.8 Å². The van der Waals surface area contributed by atoms with Gasteiger partial charge in [-0.3, -0.25) is 9.59 Å². The number of aliphatic hydroxyl groups excluding tert-OH is 2. The number of aromatic nitrogens is 1. The SMILES string of the molecule is C/C(=C\c1csc(C)n1)[C@H]1C/C=C(/C(F)(F)F)CC2NC2[C@H](C)[C@H](O)[C@@H](C)C(=O)C(C)(C)[C@@H](O)CC(=O)O1. The van der Waals surface area contributed by atoms with E-state index in [-0.39, 0.29) is 12.8 Å². The van der Waals surface area contributed by atoms with Crippen LogP contribution in [-0.4, -0.2) is 63.5 Å². The van der Waals surface area contributed by atoms with Gasteiger partial charge in [-0.15, -0.1) is 11.3 Å². The van der Waals surface area contributed by atoms with Gasteiger partial charge in [0.05, 0.1) is 34.7 Å². The predicted molar refractivity (Wildman–Crippen MR) is 138 cm³/mol. The minimum Gasteiger partial charge on any atom is -0.457 e. The summed E-state index contributed by atoms with van der Waals surface area (Å²) in [7, 11) is 0. The average molecular weight is 559 g/mol. The van der Waals surface area contributed by atoms with Gasteiger partial charge < -0.3 is 20.3 Å². The highest BCUT2D eigenvalue weighted by Gasteiger charge is 2.49. The Balaban J connectivity index is 1.98. The van der Waals surface area contributed by atoms with E-state index in [0.717, 1.165) is 11.1 Å². The zero-order chi connectivity index (χ0) is 28.6. The van der Waals surface area contributed by atoms with Crippen LogP contribution in [0.3, 0.4) is 0 Å². The van der Waals surface area contributed by atoms with E-state index in [1.165, 1.54) is 32.1 Å². The number of aliphatic hydroxyl groups is 2. The number of esters is 1. The molecule has 0 radical (unpaired) electrons. The molecule has 212 valence electrons. The van der Waals surface area contributed by atoms with Crippen LogP contribution in [-0.2, 0) is 14.3 Å². The van der Waals surface area contributed by atoms with Gasteiger partial charge in [-0.2, -0.15) is 13.2 Å². The highest BCUT2D eigenvalue weighted by atomic mass is 32.1. The van der Waals surface area contributed by atoms with Crippen molar-refractivity contribution in [3.8, 4) is 0 Å². The summed E-state index contributed by atoms with van der Waals surface area (Å²) in [4.78, 5) is 30.4. The van der Waals surface area contributed by atoms with Crippen molar-refractivity contribution in [1.82, 2.24) is 10.3 Å². The number of hydrogen-bond donors (Lipinski definition) is 3. The van der Waals surface area contributed by atoms with Gasteiger partial charge in [-0.25, -0.2) is 4.98 Å². The molecule has 11 heteroatoms. The number of hydrogen-bond acceptors (Lipinski definition) is 8. The zero-order valence-electron chi connectivity index (χ0n) is 22.5. The predicted octanol–water partition coefficient (Wildman–Crippen LogP) is 4.37. The van der Waals surface area contributed by atoms with E-state index in [1.54, 1.807) is 25.3 Å². The van der Waals surface area contributed by atoms with Crippen molar-refractivity contribution in [3.63, 3.8) is 0 Å². The molecule has 2 aliphatic heterocycles. The number of ketones is 1. The molecule has 2 aliphatic rings. The highest BCUT2D eigenvalue weighted by Crippen LogP contribution is 2.38. The summed E-state index contributed by atoms with van der Waals surface area (Å²) < 4.78 is 47.4. The number of alkyl halides is 3. The number of thiazole rings is 1. The van der Waals surface area contributed by atoms with E-state index in [0.29, 0.717) is 11.3 Å². The number of nitrogens with zero attached hydrogens (tertiary/aromatic N) is 1. The molecule has 0 saturated carbocycles. The van der Waals surface area contributed by atoms with Gasteiger partial charge in [0.1, 0.15) is 11.9 Å². The smallest absolute Gasteiger partial charge is 0.412 e. The van der Waals surface area contributed by atoms with Gasteiger partial charge in [-0.1, -0.05) is 33.8 Å². The Morgan fingerprint density at radius 1 is 1.24 bits per heavy atom. The fourth-order valence-corrected chi connectivity index (χ4v) is 5.56. The van der Waals surface area contributed by atoms with Crippen molar-refractivity contribution in [2.24, 2.45) is 17.3 Å². The second-order valence-corrected chi connectivity index (χ2v) is 12.1. The summed E-state index contributed by atoms with van der Waals surface area (Å²) in [5.41, 5.74) is -1.02. The first-order valence-corrected chi connectivity index (χ1v) is 13.6. The van der Waals surface area contributed by atoms with Gasteiger partial charge in [0.2, 0.25) is 0 Å². The minimum atomic E-state index is -4.59. The number of cyclic esters (lactones) is 1. The lowest BCUT2D eigenvalue weighted by Gasteiger charge is -2.34. The lowest BCUT2D eigenvalue weighted by Crippen LogP contribution is -2.46. The molecule has 0 amide bonds. The summed E-state index contributed by atoms with van der Waals surface area (Å²) in [6, 6.07) is -0.910. The highest BCUT2D eigenvalue weighted by molar-refractivity contribution is 7.09. The molecule has 3 rings (SSSR count). The Labute approximate surface area is 225 Å². The third-order valence-corrected chi connectivity index (χ3v) is 8.56. The Morgan fingerprint density at radius 3 is 2.47 bits per heavy atom. The Bertz CT molecular complexity index is 1100. The first kappa shape index (κ1) is 30.5. The summed E-state index contributed by atoms with van der Waals surface area (Å²) >= 11 is 1.42. The maximum Gasteiger partial charge on any atom is 0.412 e. The molecule has 0 spiro atoms. The Hall–Kier alpha value is -2.08. The molecule has 2 unspecified atom stereocenters. The number of rotatable bonds is 2. The monoisotopic (exact) mass is 558 g/mol. The van der Waals surface area contributed by atoms with Gasteiger partial charge >= 0.3 is 12.1 Å². The van der Waals surface area contributed by atoms with Crippen molar-refractivity contribution < 1.29 is 37.7 Å². The van der Waals surface area contributed by atoms with Crippen LogP contribution in [0.4, 0.5) is 13.2 Å². The standard InChI is InChI=1S/C27H37F3N2O5S/c1-13(9-18-12-38-16(4)31-18)20-8-7-17(27(28,29)30)10-19-23(32-19)14(2)24(35)15(3)25(36)26(5,6)21(33)11-22(34)37-20/h7,9,12,14-15,19-21,23-24,32-33,35H,8,10-11H2,1-6H3/b13-9+,17-7+/t14-,15+,19?,20+,21-,23?,24-/m0/s1. The van der Waals surface area contributed by atoms with Crippen LogP contribution >= 0.6 is 11.3 Å². The van der Waals surface area contributed by atoms with Gasteiger partial charge in [0.15, 0.2) is 0 Å². The fourth-order valence-electron chi connectivity index (χ4n) is 4.99. The third-order valence-electron chi connectivity index (χ3n) is 7.77. The molecular formula is C27H37F3N2O5S. The molecule has 0 aliphatic carbocycles. The number of carbonyl (C=O) groups is 2. The fraction of sp³-hybridized carbons (Fsp3) is 0.667. The van der Waals surface area contributed by atoms with Crippen LogP contribution in [0.25, 0.3) is 6.08 Å².